The van der Waals surface area contributed by atoms with Crippen LogP contribution in [0.3, 0.4) is 0 Å². The molecule has 2 aromatic carbocycles. The van der Waals surface area contributed by atoms with Crippen molar-refractivity contribution in [3.05, 3.63) is 64.7 Å². The van der Waals surface area contributed by atoms with Crippen molar-refractivity contribution < 1.29 is 13.2 Å². The zero-order chi connectivity index (χ0) is 22.3. The first-order valence-electron chi connectivity index (χ1n) is 11.5. The molecule has 6 rings (SSSR count). The molecular formula is C25H29ClN2O3S. The van der Waals surface area contributed by atoms with Crippen LogP contribution in [0.5, 0.6) is 0 Å². The Labute approximate surface area is 195 Å². The number of nitrogens with one attached hydrogen (secondary N) is 2. The summed E-state index contributed by atoms with van der Waals surface area (Å²) in [6.45, 7) is 0.446. The lowest BCUT2D eigenvalue weighted by molar-refractivity contribution is -0.00810. The second-order valence-electron chi connectivity index (χ2n) is 9.93. The predicted molar refractivity (Wildman–Crippen MR) is 125 cm³/mol. The molecule has 0 saturated heterocycles. The summed E-state index contributed by atoms with van der Waals surface area (Å²) in [4.78, 5) is 12.6. The molecule has 0 radical (unpaired) electrons. The Bertz CT molecular complexity index is 1080. The van der Waals surface area contributed by atoms with E-state index in [4.69, 9.17) is 11.6 Å². The topological polar surface area (TPSA) is 75.3 Å². The van der Waals surface area contributed by atoms with Crippen LogP contribution in [0.2, 0.25) is 5.02 Å². The summed E-state index contributed by atoms with van der Waals surface area (Å²) in [6.07, 6.45) is 7.41. The van der Waals surface area contributed by atoms with E-state index in [1.807, 2.05) is 12.1 Å². The maximum Gasteiger partial charge on any atom is 0.252 e. The highest BCUT2D eigenvalue weighted by molar-refractivity contribution is 7.89. The molecule has 0 spiro atoms. The molecule has 7 heteroatoms. The van der Waals surface area contributed by atoms with Crippen molar-refractivity contribution in [3.63, 3.8) is 0 Å². The van der Waals surface area contributed by atoms with E-state index in [2.05, 4.69) is 10.0 Å². The Balaban J connectivity index is 1.19. The van der Waals surface area contributed by atoms with Gasteiger partial charge in [0.1, 0.15) is 0 Å². The molecule has 0 heterocycles. The van der Waals surface area contributed by atoms with Crippen LogP contribution in [0.15, 0.2) is 53.4 Å². The molecular weight excluding hydrogens is 444 g/mol. The lowest BCUT2D eigenvalue weighted by atomic mass is 9.53. The Morgan fingerprint density at radius 2 is 1.53 bits per heavy atom. The third-order valence-corrected chi connectivity index (χ3v) is 9.36. The largest absolute Gasteiger partial charge is 0.352 e. The first-order chi connectivity index (χ1) is 15.3. The zero-order valence-electron chi connectivity index (χ0n) is 18.0. The summed E-state index contributed by atoms with van der Waals surface area (Å²) in [5.74, 6) is 1.85. The number of hydrogen-bond donors (Lipinski definition) is 2. The van der Waals surface area contributed by atoms with Crippen LogP contribution in [-0.2, 0) is 16.4 Å². The number of hydrogen-bond acceptors (Lipinski definition) is 3. The van der Waals surface area contributed by atoms with Gasteiger partial charge in [-0.25, -0.2) is 13.1 Å². The first-order valence-corrected chi connectivity index (χ1v) is 13.3. The van der Waals surface area contributed by atoms with Crippen molar-refractivity contribution >= 4 is 27.5 Å². The Hall–Kier alpha value is -1.89. The number of sulfonamides is 1. The van der Waals surface area contributed by atoms with E-state index < -0.39 is 10.0 Å². The number of benzene rings is 2. The summed E-state index contributed by atoms with van der Waals surface area (Å²) >= 11 is 6.06. The Morgan fingerprint density at radius 3 is 2.12 bits per heavy atom. The maximum atomic E-state index is 13.1. The number of halogens is 1. The van der Waals surface area contributed by atoms with Gasteiger partial charge in [-0.15, -0.1) is 0 Å². The molecule has 4 saturated carbocycles. The molecule has 0 aromatic heterocycles. The third kappa shape index (κ3) is 4.45. The predicted octanol–water partition coefficient (Wildman–Crippen LogP) is 4.56. The molecule has 5 nitrogen and oxygen atoms in total. The quantitative estimate of drug-likeness (QED) is 0.620. The fourth-order valence-corrected chi connectivity index (χ4v) is 8.13. The first kappa shape index (κ1) is 21.9. The van der Waals surface area contributed by atoms with E-state index in [1.165, 1.54) is 19.3 Å². The molecule has 2 aromatic rings. The van der Waals surface area contributed by atoms with Crippen LogP contribution < -0.4 is 10.0 Å². The van der Waals surface area contributed by atoms with Crippen LogP contribution in [-0.4, -0.2) is 26.4 Å². The van der Waals surface area contributed by atoms with Gasteiger partial charge in [0.05, 0.1) is 15.5 Å². The van der Waals surface area contributed by atoms with Gasteiger partial charge in [-0.05, 0) is 92.5 Å². The summed E-state index contributed by atoms with van der Waals surface area (Å²) in [5.41, 5.74) is 1.18. The third-order valence-electron chi connectivity index (χ3n) is 7.44. The molecule has 0 atom stereocenters. The molecule has 1 amide bonds. The van der Waals surface area contributed by atoms with Crippen molar-refractivity contribution in [3.8, 4) is 0 Å². The minimum atomic E-state index is -3.55. The smallest absolute Gasteiger partial charge is 0.252 e. The SMILES string of the molecule is O=C(NCCc1ccc(S(=O)(=O)NC23CC4CC(CC(C4)C2)C3)cc1)c1ccccc1Cl. The summed E-state index contributed by atoms with van der Waals surface area (Å²) in [7, 11) is -3.55. The normalized spacial score (nSPS) is 28.6. The fourth-order valence-electron chi connectivity index (χ4n) is 6.48. The monoisotopic (exact) mass is 472 g/mol. The van der Waals surface area contributed by atoms with Crippen LogP contribution in [0.1, 0.15) is 54.4 Å². The highest BCUT2D eigenvalue weighted by atomic mass is 35.5. The van der Waals surface area contributed by atoms with Gasteiger partial charge in [-0.2, -0.15) is 0 Å². The molecule has 0 aliphatic heterocycles. The van der Waals surface area contributed by atoms with Crippen LogP contribution in [0.25, 0.3) is 0 Å². The summed E-state index contributed by atoms with van der Waals surface area (Å²) < 4.78 is 29.4. The Kier molecular flexibility index (Phi) is 5.81. The van der Waals surface area contributed by atoms with Gasteiger partial charge in [0.15, 0.2) is 0 Å². The molecule has 0 unspecified atom stereocenters. The highest BCUT2D eigenvalue weighted by Gasteiger charge is 2.52. The van der Waals surface area contributed by atoms with E-state index in [0.717, 1.165) is 24.8 Å². The van der Waals surface area contributed by atoms with Gasteiger partial charge < -0.3 is 5.32 Å². The lowest BCUT2D eigenvalue weighted by Gasteiger charge is -2.56. The average molecular weight is 473 g/mol. The number of amides is 1. The van der Waals surface area contributed by atoms with Gasteiger partial charge in [0, 0.05) is 12.1 Å². The average Bonchev–Trinajstić information content (AvgIpc) is 2.72. The minimum Gasteiger partial charge on any atom is -0.352 e. The van der Waals surface area contributed by atoms with Crippen molar-refractivity contribution in [2.45, 2.75) is 55.4 Å². The van der Waals surface area contributed by atoms with Crippen molar-refractivity contribution in [1.82, 2.24) is 10.0 Å². The molecule has 32 heavy (non-hydrogen) atoms. The molecule has 4 bridgehead atoms. The molecule has 4 aliphatic rings. The zero-order valence-corrected chi connectivity index (χ0v) is 19.6. The molecule has 4 aliphatic carbocycles. The lowest BCUT2D eigenvalue weighted by Crippen LogP contribution is -2.59. The maximum absolute atomic E-state index is 13.1. The van der Waals surface area contributed by atoms with E-state index in [0.29, 0.717) is 46.2 Å². The molecule has 170 valence electrons. The van der Waals surface area contributed by atoms with Gasteiger partial charge in [0.25, 0.3) is 5.91 Å². The van der Waals surface area contributed by atoms with Gasteiger partial charge in [-0.3, -0.25) is 4.79 Å². The van der Waals surface area contributed by atoms with Crippen LogP contribution in [0.4, 0.5) is 0 Å². The minimum absolute atomic E-state index is 0.213. The summed E-state index contributed by atoms with van der Waals surface area (Å²) in [5, 5.41) is 3.29. The van der Waals surface area contributed by atoms with Gasteiger partial charge >= 0.3 is 0 Å². The fraction of sp³-hybridized carbons (Fsp3) is 0.480. The summed E-state index contributed by atoms with van der Waals surface area (Å²) in [6, 6.07) is 13.9. The van der Waals surface area contributed by atoms with Crippen LogP contribution >= 0.6 is 11.6 Å². The standard InChI is InChI=1S/C25H29ClN2O3S/c26-23-4-2-1-3-22(23)24(29)27-10-9-17-5-7-21(8-6-17)32(30,31)28-25-14-18-11-19(15-25)13-20(12-18)16-25/h1-8,18-20,28H,9-16H2,(H,27,29). The number of carbonyl (C=O) groups is 1. The van der Waals surface area contributed by atoms with Gasteiger partial charge in [0.2, 0.25) is 10.0 Å². The highest BCUT2D eigenvalue weighted by Crippen LogP contribution is 2.55. The number of rotatable bonds is 7. The van der Waals surface area contributed by atoms with E-state index >= 15 is 0 Å². The number of carbonyl (C=O) groups excluding carboxylic acids is 1. The van der Waals surface area contributed by atoms with Gasteiger partial charge in [-0.1, -0.05) is 35.9 Å². The Morgan fingerprint density at radius 1 is 0.938 bits per heavy atom. The van der Waals surface area contributed by atoms with Crippen molar-refractivity contribution in [1.29, 1.82) is 0 Å². The van der Waals surface area contributed by atoms with Crippen LogP contribution in [0, 0.1) is 17.8 Å². The molecule has 4 fully saturated rings. The van der Waals surface area contributed by atoms with E-state index in [1.54, 1.807) is 36.4 Å². The van der Waals surface area contributed by atoms with E-state index in [9.17, 15) is 13.2 Å². The molecule has 2 N–H and O–H groups in total. The van der Waals surface area contributed by atoms with Crippen molar-refractivity contribution in [2.24, 2.45) is 17.8 Å². The van der Waals surface area contributed by atoms with E-state index in [-0.39, 0.29) is 11.4 Å². The van der Waals surface area contributed by atoms with Crippen molar-refractivity contribution in [2.75, 3.05) is 6.54 Å². The second-order valence-corrected chi connectivity index (χ2v) is 12.0. The second kappa shape index (κ2) is 8.47.